The van der Waals surface area contributed by atoms with Crippen molar-refractivity contribution in [3.63, 3.8) is 0 Å². The number of rotatable bonds is 0. The lowest BCUT2D eigenvalue weighted by Crippen LogP contribution is -2.44. The van der Waals surface area contributed by atoms with Crippen LogP contribution in [0.5, 0.6) is 0 Å². The lowest BCUT2D eigenvalue weighted by Gasteiger charge is -2.53. The molecule has 16 heavy (non-hydrogen) atoms. The third-order valence-corrected chi connectivity index (χ3v) is 5.47. The zero-order valence-corrected chi connectivity index (χ0v) is 10.9. The average molecular weight is 220 g/mol. The van der Waals surface area contributed by atoms with Crippen molar-refractivity contribution in [3.05, 3.63) is 12.2 Å². The van der Waals surface area contributed by atoms with E-state index in [4.69, 9.17) is 4.74 Å². The molecule has 2 saturated carbocycles. The van der Waals surface area contributed by atoms with E-state index < -0.39 is 0 Å². The number of hydrogen-bond donors (Lipinski definition) is 0. The van der Waals surface area contributed by atoms with Gasteiger partial charge in [0.2, 0.25) is 0 Å². The second kappa shape index (κ2) is 3.13. The van der Waals surface area contributed by atoms with Crippen molar-refractivity contribution < 1.29 is 4.74 Å². The minimum atomic E-state index is 0.223. The Balaban J connectivity index is 1.78. The molecule has 1 heteroatoms. The minimum Gasteiger partial charge on any atom is -0.366 e. The van der Waals surface area contributed by atoms with Gasteiger partial charge in [0.1, 0.15) is 0 Å². The Morgan fingerprint density at radius 1 is 1.25 bits per heavy atom. The predicted molar refractivity (Wildman–Crippen MR) is 66.3 cm³/mol. The molecule has 1 nitrogen and oxygen atoms in total. The molecule has 4 atom stereocenters. The van der Waals surface area contributed by atoms with Gasteiger partial charge in [0.15, 0.2) is 0 Å². The molecule has 0 aromatic heterocycles. The van der Waals surface area contributed by atoms with E-state index in [2.05, 4.69) is 27.4 Å². The van der Waals surface area contributed by atoms with Crippen LogP contribution in [0.15, 0.2) is 12.2 Å². The Morgan fingerprint density at radius 2 is 2.00 bits per heavy atom. The van der Waals surface area contributed by atoms with Crippen molar-refractivity contribution in [3.8, 4) is 0 Å². The molecule has 0 radical (unpaired) electrons. The Morgan fingerprint density at radius 3 is 2.69 bits per heavy atom. The van der Waals surface area contributed by atoms with Crippen LogP contribution in [0, 0.1) is 17.3 Å². The average Bonchev–Trinajstić information content (AvgIpc) is 2.82. The van der Waals surface area contributed by atoms with Crippen LogP contribution in [0.4, 0.5) is 0 Å². The summed E-state index contributed by atoms with van der Waals surface area (Å²) >= 11 is 0. The van der Waals surface area contributed by atoms with Gasteiger partial charge >= 0.3 is 0 Å². The number of fused-ring (bicyclic) bond motifs is 2. The molecular formula is C15H24O. The molecule has 0 N–H and O–H groups in total. The molecular weight excluding hydrogens is 196 g/mol. The molecule has 0 bridgehead atoms. The van der Waals surface area contributed by atoms with Crippen LogP contribution in [0.3, 0.4) is 0 Å². The molecule has 1 unspecified atom stereocenters. The standard InChI is InChI=1S/C15H24O/c1-10-5-6-13-15(4,16-13)8-7-12-11(10)9-14(12,2)3/h11-13H,1,5-9H2,2-4H3/t11-,12-,13?,15-/m1/s1. The van der Waals surface area contributed by atoms with Crippen LogP contribution < -0.4 is 0 Å². The second-order valence-corrected chi connectivity index (χ2v) is 7.06. The fourth-order valence-corrected chi connectivity index (χ4v) is 4.08. The van der Waals surface area contributed by atoms with E-state index in [-0.39, 0.29) is 5.60 Å². The Hall–Kier alpha value is -0.300. The summed E-state index contributed by atoms with van der Waals surface area (Å²) < 4.78 is 5.86. The summed E-state index contributed by atoms with van der Waals surface area (Å²) in [5.74, 6) is 1.68. The van der Waals surface area contributed by atoms with Gasteiger partial charge < -0.3 is 4.74 Å². The molecule has 0 spiro atoms. The van der Waals surface area contributed by atoms with Gasteiger partial charge in [-0.15, -0.1) is 0 Å². The summed E-state index contributed by atoms with van der Waals surface area (Å²) in [5.41, 5.74) is 2.27. The summed E-state index contributed by atoms with van der Waals surface area (Å²) in [6, 6.07) is 0. The molecule has 1 heterocycles. The van der Waals surface area contributed by atoms with Gasteiger partial charge in [0.05, 0.1) is 11.7 Å². The summed E-state index contributed by atoms with van der Waals surface area (Å²) in [7, 11) is 0. The molecule has 1 aliphatic heterocycles. The maximum absolute atomic E-state index is 5.86. The highest BCUT2D eigenvalue weighted by Crippen LogP contribution is 2.59. The molecule has 90 valence electrons. The van der Waals surface area contributed by atoms with Crippen LogP contribution in [-0.4, -0.2) is 11.7 Å². The maximum atomic E-state index is 5.86. The number of ether oxygens (including phenoxy) is 1. The van der Waals surface area contributed by atoms with E-state index in [9.17, 15) is 0 Å². The third kappa shape index (κ3) is 1.48. The van der Waals surface area contributed by atoms with Crippen molar-refractivity contribution in [1.82, 2.24) is 0 Å². The minimum absolute atomic E-state index is 0.223. The zero-order chi connectivity index (χ0) is 11.6. The lowest BCUT2D eigenvalue weighted by atomic mass is 9.52. The lowest BCUT2D eigenvalue weighted by molar-refractivity contribution is -0.00211. The van der Waals surface area contributed by atoms with E-state index in [0.29, 0.717) is 11.5 Å². The van der Waals surface area contributed by atoms with E-state index in [0.717, 1.165) is 11.8 Å². The Bertz CT molecular complexity index is 330. The van der Waals surface area contributed by atoms with Crippen molar-refractivity contribution in [2.75, 3.05) is 0 Å². The Kier molecular flexibility index (Phi) is 2.12. The molecule has 2 aliphatic carbocycles. The van der Waals surface area contributed by atoms with E-state index in [1.807, 2.05) is 0 Å². The third-order valence-electron chi connectivity index (χ3n) is 5.47. The summed E-state index contributed by atoms with van der Waals surface area (Å²) in [6.45, 7) is 11.5. The Labute approximate surface area is 99.3 Å². The second-order valence-electron chi connectivity index (χ2n) is 7.06. The number of allylic oxidation sites excluding steroid dienone is 1. The van der Waals surface area contributed by atoms with Crippen LogP contribution in [0.2, 0.25) is 0 Å². The fraction of sp³-hybridized carbons (Fsp3) is 0.867. The van der Waals surface area contributed by atoms with E-state index in [1.54, 1.807) is 0 Å². The van der Waals surface area contributed by atoms with Crippen LogP contribution in [-0.2, 0) is 4.74 Å². The molecule has 0 aromatic rings. The molecule has 1 saturated heterocycles. The maximum Gasteiger partial charge on any atom is 0.0920 e. The highest BCUT2D eigenvalue weighted by Gasteiger charge is 2.55. The first-order valence-corrected chi connectivity index (χ1v) is 6.78. The summed E-state index contributed by atoms with van der Waals surface area (Å²) in [5, 5.41) is 0. The first kappa shape index (κ1) is 10.8. The van der Waals surface area contributed by atoms with Gasteiger partial charge in [-0.2, -0.15) is 0 Å². The molecule has 0 amide bonds. The smallest absolute Gasteiger partial charge is 0.0920 e. The van der Waals surface area contributed by atoms with Crippen molar-refractivity contribution in [1.29, 1.82) is 0 Å². The first-order valence-electron chi connectivity index (χ1n) is 6.78. The van der Waals surface area contributed by atoms with Crippen LogP contribution >= 0.6 is 0 Å². The number of epoxide rings is 1. The van der Waals surface area contributed by atoms with E-state index >= 15 is 0 Å². The molecule has 3 aliphatic rings. The van der Waals surface area contributed by atoms with Gasteiger partial charge in [-0.1, -0.05) is 26.0 Å². The topological polar surface area (TPSA) is 12.5 Å². The van der Waals surface area contributed by atoms with Gasteiger partial charge in [0.25, 0.3) is 0 Å². The van der Waals surface area contributed by atoms with Crippen molar-refractivity contribution in [2.24, 2.45) is 17.3 Å². The SMILES string of the molecule is C=C1CCC2O[C@]2(C)CC[C@@H]2[C@@H]1CC2(C)C. The molecule has 3 rings (SSSR count). The van der Waals surface area contributed by atoms with Crippen molar-refractivity contribution >= 4 is 0 Å². The highest BCUT2D eigenvalue weighted by molar-refractivity contribution is 5.16. The van der Waals surface area contributed by atoms with Crippen LogP contribution in [0.25, 0.3) is 0 Å². The van der Waals surface area contributed by atoms with Gasteiger partial charge in [0, 0.05) is 0 Å². The van der Waals surface area contributed by atoms with Gasteiger partial charge in [-0.05, 0) is 56.3 Å². The van der Waals surface area contributed by atoms with Crippen molar-refractivity contribution in [2.45, 2.75) is 64.6 Å². The predicted octanol–water partition coefficient (Wildman–Crippen LogP) is 3.94. The zero-order valence-electron chi connectivity index (χ0n) is 10.9. The van der Waals surface area contributed by atoms with Crippen LogP contribution in [0.1, 0.15) is 52.9 Å². The van der Waals surface area contributed by atoms with Gasteiger partial charge in [-0.3, -0.25) is 0 Å². The summed E-state index contributed by atoms with van der Waals surface area (Å²) in [6.07, 6.45) is 6.89. The largest absolute Gasteiger partial charge is 0.366 e. The normalized spacial score (nSPS) is 50.2. The quantitative estimate of drug-likeness (QED) is 0.445. The summed E-state index contributed by atoms with van der Waals surface area (Å²) in [4.78, 5) is 0. The highest BCUT2D eigenvalue weighted by atomic mass is 16.6. The fourth-order valence-electron chi connectivity index (χ4n) is 4.08. The molecule has 0 aromatic carbocycles. The van der Waals surface area contributed by atoms with E-state index in [1.165, 1.54) is 37.7 Å². The monoisotopic (exact) mass is 220 g/mol. The first-order chi connectivity index (χ1) is 7.42. The molecule has 3 fully saturated rings. The van der Waals surface area contributed by atoms with Gasteiger partial charge in [-0.25, -0.2) is 0 Å². The number of hydrogen-bond acceptors (Lipinski definition) is 1.